The van der Waals surface area contributed by atoms with E-state index in [-0.39, 0.29) is 11.6 Å². The van der Waals surface area contributed by atoms with E-state index in [0.29, 0.717) is 0 Å². The molecule has 2 rings (SSSR count). The number of ether oxygens (including phenoxy) is 1. The van der Waals surface area contributed by atoms with E-state index in [1.54, 1.807) is 7.11 Å². The molecule has 2 heterocycles. The molecule has 0 aliphatic carbocycles. The zero-order chi connectivity index (χ0) is 15.5. The number of rotatable bonds is 4. The molecule has 1 unspecified atom stereocenters. The van der Waals surface area contributed by atoms with Gasteiger partial charge in [-0.25, -0.2) is 4.98 Å². The van der Waals surface area contributed by atoms with Gasteiger partial charge in [-0.2, -0.15) is 0 Å². The van der Waals surface area contributed by atoms with Crippen LogP contribution in [0.5, 0.6) is 0 Å². The van der Waals surface area contributed by atoms with Crippen molar-refractivity contribution in [1.82, 2.24) is 10.3 Å². The van der Waals surface area contributed by atoms with E-state index in [2.05, 4.69) is 36.0 Å². The topological polar surface area (TPSA) is 37.4 Å². The van der Waals surface area contributed by atoms with Gasteiger partial charge in [-0.1, -0.05) is 11.6 Å². The lowest BCUT2D eigenvalue weighted by Gasteiger charge is -2.33. The van der Waals surface area contributed by atoms with Crippen LogP contribution in [0.4, 0.5) is 5.82 Å². The summed E-state index contributed by atoms with van der Waals surface area (Å²) >= 11 is 6.43. The van der Waals surface area contributed by atoms with Crippen LogP contribution < -0.4 is 10.2 Å². The maximum absolute atomic E-state index is 6.43. The number of methoxy groups -OCH3 is 1. The summed E-state index contributed by atoms with van der Waals surface area (Å²) in [4.78, 5) is 6.79. The highest BCUT2D eigenvalue weighted by Crippen LogP contribution is 2.27. The third-order valence-electron chi connectivity index (χ3n) is 3.71. The molecule has 4 nitrogen and oxygen atoms in total. The minimum absolute atomic E-state index is 0.0870. The van der Waals surface area contributed by atoms with E-state index in [1.165, 1.54) is 0 Å². The van der Waals surface area contributed by atoms with Gasteiger partial charge in [0.1, 0.15) is 5.82 Å². The first-order valence-electron chi connectivity index (χ1n) is 7.56. The Morgan fingerprint density at radius 2 is 2.24 bits per heavy atom. The molecule has 0 bridgehead atoms. The fourth-order valence-electron chi connectivity index (χ4n) is 2.49. The Kier molecular flexibility index (Phi) is 5.47. The van der Waals surface area contributed by atoms with Crippen LogP contribution in [0.3, 0.4) is 0 Å². The maximum Gasteiger partial charge on any atom is 0.147 e. The molecule has 0 spiro atoms. The van der Waals surface area contributed by atoms with Crippen molar-refractivity contribution < 1.29 is 4.74 Å². The molecule has 0 aromatic carbocycles. The largest absolute Gasteiger partial charge is 0.380 e. The molecule has 21 heavy (non-hydrogen) atoms. The van der Waals surface area contributed by atoms with Gasteiger partial charge in [-0.05, 0) is 45.2 Å². The first kappa shape index (κ1) is 16.5. The van der Waals surface area contributed by atoms with Gasteiger partial charge >= 0.3 is 0 Å². The summed E-state index contributed by atoms with van der Waals surface area (Å²) in [6.45, 7) is 9.07. The first-order chi connectivity index (χ1) is 9.89. The number of hydrogen-bond acceptors (Lipinski definition) is 4. The molecule has 1 fully saturated rings. The second-order valence-corrected chi connectivity index (χ2v) is 7.11. The Hall–Kier alpha value is -0.840. The molecule has 5 heteroatoms. The number of nitrogens with zero attached hydrogens (tertiary/aromatic N) is 2. The SMILES string of the molecule is COC1CCCN(c2ncc(CNC(C)(C)C)cc2Cl)C1. The van der Waals surface area contributed by atoms with Gasteiger partial charge in [-0.15, -0.1) is 0 Å². The average Bonchev–Trinajstić information content (AvgIpc) is 2.44. The highest BCUT2D eigenvalue weighted by Gasteiger charge is 2.22. The lowest BCUT2D eigenvalue weighted by molar-refractivity contribution is 0.0891. The fourth-order valence-corrected chi connectivity index (χ4v) is 2.80. The molecular weight excluding hydrogens is 286 g/mol. The van der Waals surface area contributed by atoms with E-state index in [1.807, 2.05) is 12.3 Å². The number of halogens is 1. The molecule has 1 atom stereocenters. The van der Waals surface area contributed by atoms with Gasteiger partial charge < -0.3 is 15.0 Å². The van der Waals surface area contributed by atoms with Crippen molar-refractivity contribution in [3.8, 4) is 0 Å². The van der Waals surface area contributed by atoms with Crippen LogP contribution in [0.2, 0.25) is 5.02 Å². The Labute approximate surface area is 132 Å². The predicted octanol–water partition coefficient (Wildman–Crippen LogP) is 3.24. The van der Waals surface area contributed by atoms with Crippen molar-refractivity contribution in [3.05, 3.63) is 22.8 Å². The monoisotopic (exact) mass is 311 g/mol. The molecule has 0 saturated carbocycles. The van der Waals surface area contributed by atoms with Crippen LogP contribution in [0, 0.1) is 0 Å². The Balaban J connectivity index is 2.05. The summed E-state index contributed by atoms with van der Waals surface area (Å²) in [6.07, 6.45) is 4.41. The van der Waals surface area contributed by atoms with E-state index in [0.717, 1.165) is 48.9 Å². The third kappa shape index (κ3) is 4.83. The fraction of sp³-hybridized carbons (Fsp3) is 0.688. The van der Waals surface area contributed by atoms with Gasteiger partial charge in [0, 0.05) is 38.5 Å². The third-order valence-corrected chi connectivity index (χ3v) is 3.99. The number of anilines is 1. The van der Waals surface area contributed by atoms with Crippen LogP contribution in [0.15, 0.2) is 12.3 Å². The van der Waals surface area contributed by atoms with Crippen LogP contribution in [0.25, 0.3) is 0 Å². The summed E-state index contributed by atoms with van der Waals surface area (Å²) < 4.78 is 5.46. The Bertz CT molecular complexity index is 473. The zero-order valence-electron chi connectivity index (χ0n) is 13.4. The van der Waals surface area contributed by atoms with Crippen molar-refractivity contribution >= 4 is 17.4 Å². The second kappa shape index (κ2) is 6.95. The lowest BCUT2D eigenvalue weighted by Crippen LogP contribution is -2.40. The van der Waals surface area contributed by atoms with Gasteiger partial charge in [0.05, 0.1) is 11.1 Å². The van der Waals surface area contributed by atoms with E-state index in [9.17, 15) is 0 Å². The minimum atomic E-state index is 0.0870. The smallest absolute Gasteiger partial charge is 0.147 e. The summed E-state index contributed by atoms with van der Waals surface area (Å²) in [5, 5.41) is 4.17. The maximum atomic E-state index is 6.43. The van der Waals surface area contributed by atoms with Gasteiger partial charge in [0.25, 0.3) is 0 Å². The molecule has 1 aromatic heterocycles. The number of piperidine rings is 1. The molecular formula is C16H26ClN3O. The standard InChI is InChI=1S/C16H26ClN3O/c1-16(2,3)19-10-12-8-14(17)15(18-9-12)20-7-5-6-13(11-20)21-4/h8-9,13,19H,5-7,10-11H2,1-4H3. The van der Waals surface area contributed by atoms with Crippen molar-refractivity contribution in [2.75, 3.05) is 25.1 Å². The molecule has 1 aliphatic heterocycles. The van der Waals surface area contributed by atoms with E-state index in [4.69, 9.17) is 16.3 Å². The van der Waals surface area contributed by atoms with Crippen molar-refractivity contribution in [2.45, 2.75) is 51.8 Å². The number of nitrogens with one attached hydrogen (secondary N) is 1. The molecule has 1 aliphatic rings. The van der Waals surface area contributed by atoms with Crippen LogP contribution in [-0.4, -0.2) is 36.8 Å². The van der Waals surface area contributed by atoms with Gasteiger partial charge in [0.15, 0.2) is 0 Å². The quantitative estimate of drug-likeness (QED) is 0.926. The second-order valence-electron chi connectivity index (χ2n) is 6.70. The van der Waals surface area contributed by atoms with Crippen molar-refractivity contribution in [1.29, 1.82) is 0 Å². The summed E-state index contributed by atoms with van der Waals surface area (Å²) in [5.74, 6) is 0.873. The lowest BCUT2D eigenvalue weighted by atomic mass is 10.1. The highest BCUT2D eigenvalue weighted by molar-refractivity contribution is 6.33. The Morgan fingerprint density at radius 3 is 2.86 bits per heavy atom. The Morgan fingerprint density at radius 1 is 1.48 bits per heavy atom. The molecule has 0 radical (unpaired) electrons. The summed E-state index contributed by atoms with van der Waals surface area (Å²) in [7, 11) is 1.77. The number of hydrogen-bond donors (Lipinski definition) is 1. The normalized spacial score (nSPS) is 19.9. The molecule has 1 aromatic rings. The van der Waals surface area contributed by atoms with Gasteiger partial charge in [0.2, 0.25) is 0 Å². The van der Waals surface area contributed by atoms with Crippen molar-refractivity contribution in [3.63, 3.8) is 0 Å². The average molecular weight is 312 g/mol. The highest BCUT2D eigenvalue weighted by atomic mass is 35.5. The summed E-state index contributed by atoms with van der Waals surface area (Å²) in [5.41, 5.74) is 1.20. The minimum Gasteiger partial charge on any atom is -0.380 e. The van der Waals surface area contributed by atoms with Crippen LogP contribution >= 0.6 is 11.6 Å². The van der Waals surface area contributed by atoms with Gasteiger partial charge in [-0.3, -0.25) is 0 Å². The predicted molar refractivity (Wildman–Crippen MR) is 88.1 cm³/mol. The first-order valence-corrected chi connectivity index (χ1v) is 7.94. The van der Waals surface area contributed by atoms with Crippen LogP contribution in [-0.2, 0) is 11.3 Å². The van der Waals surface area contributed by atoms with E-state index < -0.39 is 0 Å². The zero-order valence-corrected chi connectivity index (χ0v) is 14.2. The van der Waals surface area contributed by atoms with E-state index >= 15 is 0 Å². The van der Waals surface area contributed by atoms with Crippen LogP contribution in [0.1, 0.15) is 39.2 Å². The molecule has 1 N–H and O–H groups in total. The van der Waals surface area contributed by atoms with Crippen molar-refractivity contribution in [2.24, 2.45) is 0 Å². The number of pyridine rings is 1. The molecule has 0 amide bonds. The number of aromatic nitrogens is 1. The summed E-state index contributed by atoms with van der Waals surface area (Å²) in [6, 6.07) is 2.01. The molecule has 1 saturated heterocycles. The molecule has 118 valence electrons.